The zero-order valence-corrected chi connectivity index (χ0v) is 14.9. The first-order valence-electron chi connectivity index (χ1n) is 8.30. The van der Waals surface area contributed by atoms with E-state index in [9.17, 15) is 9.18 Å². The van der Waals surface area contributed by atoms with Crippen molar-refractivity contribution in [2.45, 2.75) is 26.8 Å². The van der Waals surface area contributed by atoms with E-state index < -0.39 is 11.5 Å². The van der Waals surface area contributed by atoms with Crippen molar-refractivity contribution in [3.8, 4) is 11.5 Å². The Balaban J connectivity index is 1.97. The fourth-order valence-electron chi connectivity index (χ4n) is 2.34. The standard InChI is InChI=1S/C20H20FN3O2/c1-20(2,3)19(25)22-16(13-9-11-15(21)12-10-13)18-24-23-17(26-18)14-7-5-4-6-8-14/h4-12,16H,1-3H3,(H,22,25)/t16-/m0/s1. The van der Waals surface area contributed by atoms with Crippen LogP contribution in [0.5, 0.6) is 0 Å². The highest BCUT2D eigenvalue weighted by atomic mass is 19.1. The molecule has 0 spiro atoms. The molecule has 0 fully saturated rings. The summed E-state index contributed by atoms with van der Waals surface area (Å²) >= 11 is 0. The molecule has 1 heterocycles. The van der Waals surface area contributed by atoms with Crippen LogP contribution in [0.15, 0.2) is 59.0 Å². The molecule has 3 rings (SSSR count). The second-order valence-electron chi connectivity index (χ2n) is 7.02. The number of halogens is 1. The molecule has 0 bridgehead atoms. The molecule has 0 saturated carbocycles. The molecule has 134 valence electrons. The highest BCUT2D eigenvalue weighted by Gasteiger charge is 2.29. The van der Waals surface area contributed by atoms with Gasteiger partial charge in [0.2, 0.25) is 17.7 Å². The molecule has 2 aromatic carbocycles. The van der Waals surface area contributed by atoms with Crippen LogP contribution < -0.4 is 5.32 Å². The van der Waals surface area contributed by atoms with E-state index in [2.05, 4.69) is 15.5 Å². The van der Waals surface area contributed by atoms with Crippen molar-refractivity contribution in [1.82, 2.24) is 15.5 Å². The van der Waals surface area contributed by atoms with Crippen molar-refractivity contribution in [3.63, 3.8) is 0 Å². The minimum atomic E-state index is -0.660. The van der Waals surface area contributed by atoms with Crippen LogP contribution in [0.25, 0.3) is 11.5 Å². The maximum atomic E-state index is 13.3. The van der Waals surface area contributed by atoms with Crippen LogP contribution in [0.4, 0.5) is 4.39 Å². The number of aromatic nitrogens is 2. The van der Waals surface area contributed by atoms with E-state index >= 15 is 0 Å². The van der Waals surface area contributed by atoms with Crippen LogP contribution in [-0.2, 0) is 4.79 Å². The molecule has 3 aromatic rings. The third kappa shape index (κ3) is 3.96. The second-order valence-corrected chi connectivity index (χ2v) is 7.02. The van der Waals surface area contributed by atoms with Crippen molar-refractivity contribution >= 4 is 5.91 Å². The van der Waals surface area contributed by atoms with E-state index in [0.717, 1.165) is 5.56 Å². The molecule has 1 atom stereocenters. The Morgan fingerprint density at radius 2 is 1.69 bits per heavy atom. The van der Waals surface area contributed by atoms with Crippen LogP contribution in [0.3, 0.4) is 0 Å². The third-order valence-corrected chi connectivity index (χ3v) is 3.87. The van der Waals surface area contributed by atoms with Crippen LogP contribution in [0, 0.1) is 11.2 Å². The van der Waals surface area contributed by atoms with Gasteiger partial charge < -0.3 is 9.73 Å². The van der Waals surface area contributed by atoms with Crippen molar-refractivity contribution in [2.75, 3.05) is 0 Å². The van der Waals surface area contributed by atoms with Crippen LogP contribution in [0.2, 0.25) is 0 Å². The largest absolute Gasteiger partial charge is 0.418 e. The van der Waals surface area contributed by atoms with Gasteiger partial charge in [-0.1, -0.05) is 51.1 Å². The SMILES string of the molecule is CC(C)(C)C(=O)N[C@@H](c1ccc(F)cc1)c1nnc(-c2ccccc2)o1. The first kappa shape index (κ1) is 17.8. The summed E-state index contributed by atoms with van der Waals surface area (Å²) in [4.78, 5) is 12.5. The number of nitrogens with one attached hydrogen (secondary N) is 1. The lowest BCUT2D eigenvalue weighted by Gasteiger charge is -2.22. The molecule has 0 saturated heterocycles. The number of carbonyl (C=O) groups is 1. The Hall–Kier alpha value is -3.02. The molecule has 0 aliphatic heterocycles. The molecule has 26 heavy (non-hydrogen) atoms. The minimum Gasteiger partial charge on any atom is -0.418 e. The fourth-order valence-corrected chi connectivity index (χ4v) is 2.34. The van der Waals surface area contributed by atoms with E-state index in [4.69, 9.17) is 4.42 Å². The molecule has 0 unspecified atom stereocenters. The van der Waals surface area contributed by atoms with Gasteiger partial charge in [0.05, 0.1) is 0 Å². The maximum Gasteiger partial charge on any atom is 0.247 e. The Morgan fingerprint density at radius 1 is 1.04 bits per heavy atom. The third-order valence-electron chi connectivity index (χ3n) is 3.87. The van der Waals surface area contributed by atoms with E-state index in [1.165, 1.54) is 12.1 Å². The number of nitrogens with zero attached hydrogens (tertiary/aromatic N) is 2. The predicted octanol–water partition coefficient (Wildman–Crippen LogP) is 4.13. The summed E-state index contributed by atoms with van der Waals surface area (Å²) < 4.78 is 19.1. The van der Waals surface area contributed by atoms with Crippen LogP contribution >= 0.6 is 0 Å². The van der Waals surface area contributed by atoms with Crippen LogP contribution in [-0.4, -0.2) is 16.1 Å². The molecule has 0 aliphatic rings. The number of hydrogen-bond donors (Lipinski definition) is 1. The van der Waals surface area contributed by atoms with Gasteiger partial charge in [-0.3, -0.25) is 4.79 Å². The predicted molar refractivity (Wildman–Crippen MR) is 95.6 cm³/mol. The zero-order chi connectivity index (χ0) is 18.7. The summed E-state index contributed by atoms with van der Waals surface area (Å²) in [5, 5.41) is 11.1. The summed E-state index contributed by atoms with van der Waals surface area (Å²) in [7, 11) is 0. The van der Waals surface area contributed by atoms with E-state index in [1.54, 1.807) is 12.1 Å². The molecule has 1 aromatic heterocycles. The number of rotatable bonds is 4. The maximum absolute atomic E-state index is 13.3. The Labute approximate surface area is 151 Å². The van der Waals surface area contributed by atoms with Gasteiger partial charge in [-0.25, -0.2) is 4.39 Å². The highest BCUT2D eigenvalue weighted by molar-refractivity contribution is 5.82. The minimum absolute atomic E-state index is 0.175. The van der Waals surface area contributed by atoms with Crippen molar-refractivity contribution < 1.29 is 13.6 Å². The molecule has 6 heteroatoms. The first-order valence-corrected chi connectivity index (χ1v) is 8.30. The first-order chi connectivity index (χ1) is 12.3. The van der Waals surface area contributed by atoms with Gasteiger partial charge in [-0.05, 0) is 29.8 Å². The van der Waals surface area contributed by atoms with Gasteiger partial charge >= 0.3 is 0 Å². The topological polar surface area (TPSA) is 68.0 Å². The Kier molecular flexibility index (Phi) is 4.84. The molecular formula is C20H20FN3O2. The Morgan fingerprint density at radius 3 is 2.31 bits per heavy atom. The van der Waals surface area contributed by atoms with E-state index in [1.807, 2.05) is 51.1 Å². The average Bonchev–Trinajstić information content (AvgIpc) is 3.10. The number of carbonyl (C=O) groups excluding carboxylic acids is 1. The Bertz CT molecular complexity index is 883. The molecule has 0 aliphatic carbocycles. The van der Waals surface area contributed by atoms with E-state index in [0.29, 0.717) is 11.5 Å². The molecule has 1 N–H and O–H groups in total. The van der Waals surface area contributed by atoms with Gasteiger partial charge in [0, 0.05) is 11.0 Å². The normalized spacial score (nSPS) is 12.6. The smallest absolute Gasteiger partial charge is 0.247 e. The van der Waals surface area contributed by atoms with Crippen molar-refractivity contribution in [2.24, 2.45) is 5.41 Å². The molecule has 0 radical (unpaired) electrons. The zero-order valence-electron chi connectivity index (χ0n) is 14.9. The lowest BCUT2D eigenvalue weighted by molar-refractivity contribution is -0.129. The van der Waals surface area contributed by atoms with Gasteiger partial charge in [0.15, 0.2) is 0 Å². The van der Waals surface area contributed by atoms with Gasteiger partial charge in [0.1, 0.15) is 11.9 Å². The van der Waals surface area contributed by atoms with Crippen LogP contribution in [0.1, 0.15) is 38.3 Å². The number of hydrogen-bond acceptors (Lipinski definition) is 4. The van der Waals surface area contributed by atoms with Crippen molar-refractivity contribution in [1.29, 1.82) is 0 Å². The molecule has 5 nitrogen and oxygen atoms in total. The summed E-state index contributed by atoms with van der Waals surface area (Å²) in [5.74, 6) is 0.0715. The summed E-state index contributed by atoms with van der Waals surface area (Å²) in [5.41, 5.74) is 0.846. The monoisotopic (exact) mass is 353 g/mol. The van der Waals surface area contributed by atoms with Gasteiger partial charge in [0.25, 0.3) is 0 Å². The van der Waals surface area contributed by atoms with E-state index in [-0.39, 0.29) is 17.6 Å². The lowest BCUT2D eigenvalue weighted by atomic mass is 9.94. The molecule has 1 amide bonds. The number of amides is 1. The van der Waals surface area contributed by atoms with Crippen molar-refractivity contribution in [3.05, 3.63) is 71.9 Å². The highest BCUT2D eigenvalue weighted by Crippen LogP contribution is 2.26. The lowest BCUT2D eigenvalue weighted by Crippen LogP contribution is -2.38. The fraction of sp³-hybridized carbons (Fsp3) is 0.250. The summed E-state index contributed by atoms with van der Waals surface area (Å²) in [6.45, 7) is 5.44. The average molecular weight is 353 g/mol. The van der Waals surface area contributed by atoms with Gasteiger partial charge in [-0.2, -0.15) is 0 Å². The number of benzene rings is 2. The quantitative estimate of drug-likeness (QED) is 0.766. The second kappa shape index (κ2) is 7.07. The summed E-state index contributed by atoms with van der Waals surface area (Å²) in [6, 6.07) is 14.6. The van der Waals surface area contributed by atoms with Gasteiger partial charge in [-0.15, -0.1) is 10.2 Å². The summed E-state index contributed by atoms with van der Waals surface area (Å²) in [6.07, 6.45) is 0. The molecular weight excluding hydrogens is 333 g/mol.